The molecule has 2 aromatic heterocycles. The second kappa shape index (κ2) is 7.98. The molecule has 1 N–H and O–H groups in total. The average Bonchev–Trinajstić information content (AvgIpc) is 3.12. The molecule has 0 saturated carbocycles. The lowest BCUT2D eigenvalue weighted by Gasteiger charge is -2.19. The van der Waals surface area contributed by atoms with Crippen LogP contribution >= 0.6 is 0 Å². The summed E-state index contributed by atoms with van der Waals surface area (Å²) in [6.45, 7) is 7.48. The van der Waals surface area contributed by atoms with Crippen molar-refractivity contribution < 1.29 is 4.42 Å². The van der Waals surface area contributed by atoms with Crippen molar-refractivity contribution in [3.05, 3.63) is 36.3 Å². The van der Waals surface area contributed by atoms with Gasteiger partial charge in [-0.2, -0.15) is 5.10 Å². The molecule has 1 atom stereocenters. The molecular formula is C16H26N4O. The summed E-state index contributed by atoms with van der Waals surface area (Å²) in [4.78, 5) is 4.42. The standard InChI is InChI=1S/C16H26N4O/c1-4-9-17-14(7-8-15-6-5-10-21-15)11-16-18-12-19-20(16)13(2)3/h5-6,10,12-14,17H,4,7-9,11H2,1-3H3. The third kappa shape index (κ3) is 4.70. The maximum absolute atomic E-state index is 5.42. The molecule has 0 aliphatic heterocycles. The van der Waals surface area contributed by atoms with Crippen LogP contribution in [0.1, 0.15) is 51.2 Å². The second-order valence-corrected chi connectivity index (χ2v) is 5.69. The van der Waals surface area contributed by atoms with Gasteiger partial charge in [0.2, 0.25) is 0 Å². The highest BCUT2D eigenvalue weighted by Crippen LogP contribution is 2.12. The molecule has 21 heavy (non-hydrogen) atoms. The summed E-state index contributed by atoms with van der Waals surface area (Å²) in [5, 5.41) is 7.93. The largest absolute Gasteiger partial charge is 0.469 e. The summed E-state index contributed by atoms with van der Waals surface area (Å²) >= 11 is 0. The maximum atomic E-state index is 5.42. The van der Waals surface area contributed by atoms with Crippen LogP contribution < -0.4 is 5.32 Å². The van der Waals surface area contributed by atoms with Crippen molar-refractivity contribution in [2.75, 3.05) is 6.54 Å². The zero-order valence-corrected chi connectivity index (χ0v) is 13.2. The fourth-order valence-corrected chi connectivity index (χ4v) is 2.47. The minimum atomic E-state index is 0.347. The van der Waals surface area contributed by atoms with Crippen LogP contribution in [0.15, 0.2) is 29.1 Å². The fraction of sp³-hybridized carbons (Fsp3) is 0.625. The topological polar surface area (TPSA) is 55.9 Å². The lowest BCUT2D eigenvalue weighted by Crippen LogP contribution is -2.33. The predicted octanol–water partition coefficient (Wildman–Crippen LogP) is 3.00. The quantitative estimate of drug-likeness (QED) is 0.771. The highest BCUT2D eigenvalue weighted by atomic mass is 16.3. The molecule has 2 rings (SSSR count). The number of hydrogen-bond donors (Lipinski definition) is 1. The van der Waals surface area contributed by atoms with Gasteiger partial charge in [-0.15, -0.1) is 0 Å². The first-order valence-corrected chi connectivity index (χ1v) is 7.84. The van der Waals surface area contributed by atoms with Crippen molar-refractivity contribution in [1.82, 2.24) is 20.1 Å². The van der Waals surface area contributed by atoms with Crippen molar-refractivity contribution in [2.24, 2.45) is 0 Å². The molecule has 0 aromatic carbocycles. The van der Waals surface area contributed by atoms with Crippen molar-refractivity contribution in [2.45, 2.75) is 58.5 Å². The smallest absolute Gasteiger partial charge is 0.138 e. The Morgan fingerprint density at radius 2 is 2.24 bits per heavy atom. The van der Waals surface area contributed by atoms with Crippen molar-refractivity contribution >= 4 is 0 Å². The van der Waals surface area contributed by atoms with E-state index in [9.17, 15) is 0 Å². The average molecular weight is 290 g/mol. The molecule has 0 spiro atoms. The van der Waals surface area contributed by atoms with Crippen LogP contribution in [-0.4, -0.2) is 27.4 Å². The van der Waals surface area contributed by atoms with E-state index in [0.717, 1.165) is 43.8 Å². The molecule has 5 nitrogen and oxygen atoms in total. The molecule has 0 bridgehead atoms. The van der Waals surface area contributed by atoms with Gasteiger partial charge in [-0.05, 0) is 45.4 Å². The summed E-state index contributed by atoms with van der Waals surface area (Å²) in [7, 11) is 0. The van der Waals surface area contributed by atoms with Gasteiger partial charge in [0.05, 0.1) is 6.26 Å². The van der Waals surface area contributed by atoms with Crippen LogP contribution in [0, 0.1) is 0 Å². The van der Waals surface area contributed by atoms with Gasteiger partial charge < -0.3 is 9.73 Å². The van der Waals surface area contributed by atoms with Crippen molar-refractivity contribution in [3.63, 3.8) is 0 Å². The molecule has 116 valence electrons. The van der Waals surface area contributed by atoms with Gasteiger partial charge >= 0.3 is 0 Å². The summed E-state index contributed by atoms with van der Waals surface area (Å²) in [5.74, 6) is 2.10. The Morgan fingerprint density at radius 1 is 1.38 bits per heavy atom. The third-order valence-electron chi connectivity index (χ3n) is 3.57. The van der Waals surface area contributed by atoms with Crippen molar-refractivity contribution in [3.8, 4) is 0 Å². The van der Waals surface area contributed by atoms with Crippen LogP contribution in [0.3, 0.4) is 0 Å². The normalized spacial score (nSPS) is 13.0. The third-order valence-corrected chi connectivity index (χ3v) is 3.57. The fourth-order valence-electron chi connectivity index (χ4n) is 2.47. The number of hydrogen-bond acceptors (Lipinski definition) is 4. The Bertz CT molecular complexity index is 504. The molecule has 1 unspecified atom stereocenters. The molecule has 0 amide bonds. The lowest BCUT2D eigenvalue weighted by atomic mass is 10.1. The van der Waals surface area contributed by atoms with Gasteiger partial charge in [0.1, 0.15) is 17.9 Å². The van der Waals surface area contributed by atoms with E-state index in [1.807, 2.05) is 16.8 Å². The Hall–Kier alpha value is -1.62. The number of rotatable bonds is 9. The van der Waals surface area contributed by atoms with Gasteiger partial charge in [-0.3, -0.25) is 0 Å². The number of aryl methyl sites for hydroxylation is 1. The highest BCUT2D eigenvalue weighted by molar-refractivity contribution is 4.99. The monoisotopic (exact) mass is 290 g/mol. The van der Waals surface area contributed by atoms with E-state index in [1.54, 1.807) is 12.6 Å². The summed E-state index contributed by atoms with van der Waals surface area (Å²) in [5.41, 5.74) is 0. The first kappa shape index (κ1) is 15.8. The van der Waals surface area contributed by atoms with E-state index >= 15 is 0 Å². The number of aromatic nitrogens is 3. The molecular weight excluding hydrogens is 264 g/mol. The second-order valence-electron chi connectivity index (χ2n) is 5.69. The molecule has 0 aliphatic carbocycles. The molecule has 2 aromatic rings. The van der Waals surface area contributed by atoms with Crippen LogP contribution in [-0.2, 0) is 12.8 Å². The minimum Gasteiger partial charge on any atom is -0.469 e. The highest BCUT2D eigenvalue weighted by Gasteiger charge is 2.15. The zero-order valence-electron chi connectivity index (χ0n) is 13.2. The van der Waals surface area contributed by atoms with Gasteiger partial charge in [-0.1, -0.05) is 6.92 Å². The van der Waals surface area contributed by atoms with E-state index in [0.29, 0.717) is 12.1 Å². The minimum absolute atomic E-state index is 0.347. The van der Waals surface area contributed by atoms with E-state index in [2.05, 4.69) is 36.2 Å². The van der Waals surface area contributed by atoms with E-state index < -0.39 is 0 Å². The molecule has 0 radical (unpaired) electrons. The SMILES string of the molecule is CCCNC(CCc1ccco1)Cc1ncnn1C(C)C. The first-order valence-electron chi connectivity index (χ1n) is 7.84. The lowest BCUT2D eigenvalue weighted by molar-refractivity contribution is 0.419. The molecule has 5 heteroatoms. The Labute approximate surface area is 126 Å². The van der Waals surface area contributed by atoms with E-state index in [4.69, 9.17) is 4.42 Å². The number of nitrogens with one attached hydrogen (secondary N) is 1. The summed E-state index contributed by atoms with van der Waals surface area (Å²) in [6.07, 6.45) is 7.41. The summed E-state index contributed by atoms with van der Waals surface area (Å²) < 4.78 is 7.43. The number of furan rings is 1. The molecule has 0 saturated heterocycles. The Balaban J connectivity index is 1.96. The maximum Gasteiger partial charge on any atom is 0.138 e. The zero-order chi connectivity index (χ0) is 15.1. The van der Waals surface area contributed by atoms with Crippen LogP contribution in [0.2, 0.25) is 0 Å². The van der Waals surface area contributed by atoms with Crippen LogP contribution in [0.25, 0.3) is 0 Å². The van der Waals surface area contributed by atoms with E-state index in [-0.39, 0.29) is 0 Å². The van der Waals surface area contributed by atoms with Crippen molar-refractivity contribution in [1.29, 1.82) is 0 Å². The predicted molar refractivity (Wildman–Crippen MR) is 83.2 cm³/mol. The van der Waals surface area contributed by atoms with Gasteiger partial charge in [0, 0.05) is 24.9 Å². The van der Waals surface area contributed by atoms with Crippen LogP contribution in [0.4, 0.5) is 0 Å². The molecule has 0 fully saturated rings. The Morgan fingerprint density at radius 3 is 2.90 bits per heavy atom. The van der Waals surface area contributed by atoms with E-state index in [1.165, 1.54) is 0 Å². The van der Waals surface area contributed by atoms with Gasteiger partial charge in [0.15, 0.2) is 0 Å². The summed E-state index contributed by atoms with van der Waals surface area (Å²) in [6, 6.07) is 4.73. The molecule has 2 heterocycles. The Kier molecular flexibility index (Phi) is 5.99. The molecule has 0 aliphatic rings. The number of nitrogens with zero attached hydrogens (tertiary/aromatic N) is 3. The van der Waals surface area contributed by atoms with Gasteiger partial charge in [-0.25, -0.2) is 9.67 Å². The van der Waals surface area contributed by atoms with Crippen LogP contribution in [0.5, 0.6) is 0 Å². The first-order chi connectivity index (χ1) is 10.2. The van der Waals surface area contributed by atoms with Gasteiger partial charge in [0.25, 0.3) is 0 Å².